The summed E-state index contributed by atoms with van der Waals surface area (Å²) in [5.41, 5.74) is 1.83. The fourth-order valence-electron chi connectivity index (χ4n) is 2.75. The second-order valence-electron chi connectivity index (χ2n) is 5.34. The number of piperidine rings is 1. The Kier molecular flexibility index (Phi) is 4.20. The van der Waals surface area contributed by atoms with E-state index in [1.165, 1.54) is 6.42 Å². The van der Waals surface area contributed by atoms with Crippen LogP contribution in [0.3, 0.4) is 0 Å². The highest BCUT2D eigenvalue weighted by Gasteiger charge is 2.24. The van der Waals surface area contributed by atoms with Crippen molar-refractivity contribution in [3.8, 4) is 0 Å². The van der Waals surface area contributed by atoms with E-state index < -0.39 is 0 Å². The molecule has 21 heavy (non-hydrogen) atoms. The molecule has 0 saturated carbocycles. The Balaban J connectivity index is 1.94. The third-order valence-electron chi connectivity index (χ3n) is 3.85. The normalized spacial score (nSPS) is 14.8. The maximum Gasteiger partial charge on any atom is 0.329 e. The molecule has 2 amide bonds. The molecule has 1 aliphatic rings. The molecule has 0 unspecified atom stereocenters. The van der Waals surface area contributed by atoms with E-state index in [2.05, 4.69) is 0 Å². The lowest BCUT2D eigenvalue weighted by molar-refractivity contribution is 0.195. The fraction of sp³-hybridized carbons (Fsp3) is 0.278. The van der Waals surface area contributed by atoms with Crippen LogP contribution < -0.4 is 4.90 Å². The van der Waals surface area contributed by atoms with Crippen LogP contribution in [0.4, 0.5) is 16.2 Å². The number of para-hydroxylation sites is 2. The largest absolute Gasteiger partial charge is 0.329 e. The van der Waals surface area contributed by atoms with E-state index in [4.69, 9.17) is 0 Å². The summed E-state index contributed by atoms with van der Waals surface area (Å²) in [4.78, 5) is 16.7. The van der Waals surface area contributed by atoms with E-state index in [-0.39, 0.29) is 6.03 Å². The van der Waals surface area contributed by atoms with Crippen LogP contribution in [0, 0.1) is 0 Å². The molecule has 1 saturated heterocycles. The highest BCUT2D eigenvalue weighted by Crippen LogP contribution is 2.27. The number of benzene rings is 2. The summed E-state index contributed by atoms with van der Waals surface area (Å²) in [7, 11) is 0. The van der Waals surface area contributed by atoms with Crippen molar-refractivity contribution >= 4 is 17.4 Å². The highest BCUT2D eigenvalue weighted by molar-refractivity contribution is 5.99. The summed E-state index contributed by atoms with van der Waals surface area (Å²) in [6, 6.07) is 19.8. The average Bonchev–Trinajstić information content (AvgIpc) is 2.58. The van der Waals surface area contributed by atoms with Gasteiger partial charge in [0.1, 0.15) is 0 Å². The van der Waals surface area contributed by atoms with Gasteiger partial charge < -0.3 is 4.90 Å². The molecule has 0 radical (unpaired) electrons. The predicted octanol–water partition coefficient (Wildman–Crippen LogP) is 4.43. The average molecular weight is 280 g/mol. The SMILES string of the molecule is O=C(N1CCCCC1)N(c1ccccc1)c1ccccc1. The summed E-state index contributed by atoms with van der Waals surface area (Å²) < 4.78 is 0. The van der Waals surface area contributed by atoms with Gasteiger partial charge >= 0.3 is 6.03 Å². The molecule has 0 N–H and O–H groups in total. The number of anilines is 2. The molecule has 1 aliphatic heterocycles. The maximum atomic E-state index is 13.0. The summed E-state index contributed by atoms with van der Waals surface area (Å²) >= 11 is 0. The number of amides is 2. The number of nitrogens with zero attached hydrogens (tertiary/aromatic N) is 2. The van der Waals surface area contributed by atoms with Gasteiger partial charge in [-0.1, -0.05) is 36.4 Å². The molecule has 108 valence electrons. The molecule has 1 heterocycles. The van der Waals surface area contributed by atoms with Crippen LogP contribution in [0.5, 0.6) is 0 Å². The smallest absolute Gasteiger partial charge is 0.324 e. The summed E-state index contributed by atoms with van der Waals surface area (Å²) in [5.74, 6) is 0. The number of likely N-dealkylation sites (tertiary alicyclic amines) is 1. The van der Waals surface area contributed by atoms with E-state index in [0.717, 1.165) is 37.3 Å². The molecule has 0 spiro atoms. The Bertz CT molecular complexity index is 537. The van der Waals surface area contributed by atoms with E-state index in [1.54, 1.807) is 0 Å². The van der Waals surface area contributed by atoms with Crippen molar-refractivity contribution in [1.29, 1.82) is 0 Å². The standard InChI is InChI=1S/C18H20N2O/c21-18(19-14-8-3-9-15-19)20(16-10-4-1-5-11-16)17-12-6-2-7-13-17/h1-2,4-7,10-13H,3,8-9,14-15H2. The first-order valence-electron chi connectivity index (χ1n) is 7.55. The first kappa shape index (κ1) is 13.7. The predicted molar refractivity (Wildman–Crippen MR) is 85.8 cm³/mol. The van der Waals surface area contributed by atoms with Gasteiger partial charge in [-0.3, -0.25) is 4.90 Å². The number of carbonyl (C=O) groups excluding carboxylic acids is 1. The summed E-state index contributed by atoms with van der Waals surface area (Å²) in [6.45, 7) is 1.71. The lowest BCUT2D eigenvalue weighted by Gasteiger charge is -2.33. The van der Waals surface area contributed by atoms with E-state index >= 15 is 0 Å². The lowest BCUT2D eigenvalue weighted by atomic mass is 10.1. The van der Waals surface area contributed by atoms with Gasteiger partial charge in [0.25, 0.3) is 0 Å². The highest BCUT2D eigenvalue weighted by atomic mass is 16.2. The minimum absolute atomic E-state index is 0.0760. The van der Waals surface area contributed by atoms with Crippen molar-refractivity contribution < 1.29 is 4.79 Å². The van der Waals surface area contributed by atoms with Crippen molar-refractivity contribution in [1.82, 2.24) is 4.90 Å². The third-order valence-corrected chi connectivity index (χ3v) is 3.85. The van der Waals surface area contributed by atoms with Crippen molar-refractivity contribution in [2.75, 3.05) is 18.0 Å². The minimum atomic E-state index is 0.0760. The zero-order valence-corrected chi connectivity index (χ0v) is 12.1. The molecule has 3 rings (SSSR count). The Morgan fingerprint density at radius 1 is 0.762 bits per heavy atom. The molecule has 1 fully saturated rings. The van der Waals surface area contributed by atoms with Gasteiger partial charge in [-0.15, -0.1) is 0 Å². The van der Waals surface area contributed by atoms with Gasteiger partial charge in [0, 0.05) is 13.1 Å². The summed E-state index contributed by atoms with van der Waals surface area (Å²) in [5, 5.41) is 0. The van der Waals surface area contributed by atoms with E-state index in [1.807, 2.05) is 70.5 Å². The molecular weight excluding hydrogens is 260 g/mol. The van der Waals surface area contributed by atoms with Crippen LogP contribution >= 0.6 is 0 Å². The monoisotopic (exact) mass is 280 g/mol. The lowest BCUT2D eigenvalue weighted by Crippen LogP contribution is -2.43. The molecule has 0 atom stereocenters. The van der Waals surface area contributed by atoms with E-state index in [9.17, 15) is 4.79 Å². The molecule has 2 aromatic rings. The quantitative estimate of drug-likeness (QED) is 0.798. The zero-order chi connectivity index (χ0) is 14.5. The fourth-order valence-corrected chi connectivity index (χ4v) is 2.75. The number of rotatable bonds is 2. The molecule has 2 aromatic carbocycles. The molecule has 3 nitrogen and oxygen atoms in total. The van der Waals surface area contributed by atoms with Crippen LogP contribution in [0.25, 0.3) is 0 Å². The third kappa shape index (κ3) is 3.07. The second kappa shape index (κ2) is 6.44. The second-order valence-corrected chi connectivity index (χ2v) is 5.34. The van der Waals surface area contributed by atoms with Gasteiger partial charge in [-0.05, 0) is 43.5 Å². The Morgan fingerprint density at radius 2 is 1.24 bits per heavy atom. The maximum absolute atomic E-state index is 13.0. The van der Waals surface area contributed by atoms with Crippen molar-refractivity contribution in [3.63, 3.8) is 0 Å². The van der Waals surface area contributed by atoms with E-state index in [0.29, 0.717) is 0 Å². The number of hydrogen-bond donors (Lipinski definition) is 0. The van der Waals surface area contributed by atoms with Crippen LogP contribution in [0.2, 0.25) is 0 Å². The van der Waals surface area contributed by atoms with Crippen LogP contribution in [-0.2, 0) is 0 Å². The molecule has 0 bridgehead atoms. The molecule has 0 aromatic heterocycles. The van der Waals surface area contributed by atoms with Crippen molar-refractivity contribution in [2.24, 2.45) is 0 Å². The Labute approximate surface area is 125 Å². The molecule has 0 aliphatic carbocycles. The molecular formula is C18H20N2O. The van der Waals surface area contributed by atoms with Crippen molar-refractivity contribution in [3.05, 3.63) is 60.7 Å². The Hall–Kier alpha value is -2.29. The minimum Gasteiger partial charge on any atom is -0.324 e. The Morgan fingerprint density at radius 3 is 1.71 bits per heavy atom. The zero-order valence-electron chi connectivity index (χ0n) is 12.1. The first-order valence-corrected chi connectivity index (χ1v) is 7.55. The number of urea groups is 1. The topological polar surface area (TPSA) is 23.6 Å². The molecule has 3 heteroatoms. The number of carbonyl (C=O) groups is 1. The van der Waals surface area contributed by atoms with Gasteiger partial charge in [0.15, 0.2) is 0 Å². The first-order chi connectivity index (χ1) is 10.4. The van der Waals surface area contributed by atoms with Gasteiger partial charge in [0.2, 0.25) is 0 Å². The number of hydrogen-bond acceptors (Lipinski definition) is 1. The van der Waals surface area contributed by atoms with Crippen molar-refractivity contribution in [2.45, 2.75) is 19.3 Å². The van der Waals surface area contributed by atoms with Gasteiger partial charge in [-0.2, -0.15) is 0 Å². The van der Waals surface area contributed by atoms with Gasteiger partial charge in [-0.25, -0.2) is 4.79 Å². The van der Waals surface area contributed by atoms with Gasteiger partial charge in [0.05, 0.1) is 11.4 Å². The van der Waals surface area contributed by atoms with Crippen LogP contribution in [-0.4, -0.2) is 24.0 Å². The van der Waals surface area contributed by atoms with Crippen LogP contribution in [0.1, 0.15) is 19.3 Å². The summed E-state index contributed by atoms with van der Waals surface area (Å²) in [6.07, 6.45) is 3.42. The van der Waals surface area contributed by atoms with Crippen LogP contribution in [0.15, 0.2) is 60.7 Å².